The van der Waals surface area contributed by atoms with Crippen molar-refractivity contribution in [2.24, 2.45) is 5.10 Å². The average molecular weight is 567 g/mol. The van der Waals surface area contributed by atoms with Gasteiger partial charge in [-0.1, -0.05) is 29.8 Å². The van der Waals surface area contributed by atoms with Crippen LogP contribution in [0.4, 0.5) is 0 Å². The first-order chi connectivity index (χ1) is 15.1. The first-order valence-corrected chi connectivity index (χ1v) is 11.2. The van der Waals surface area contributed by atoms with Gasteiger partial charge in [-0.05, 0) is 53.2 Å². The van der Waals surface area contributed by atoms with E-state index < -0.39 is 12.1 Å². The monoisotopic (exact) mass is 565 g/mol. The topological polar surface area (TPSA) is 103 Å². The maximum atomic E-state index is 13.2. The van der Waals surface area contributed by atoms with Crippen LogP contribution < -0.4 is 15.0 Å². The number of nitrogens with zero attached hydrogens (tertiary/aromatic N) is 3. The molecule has 1 heterocycles. The highest BCUT2D eigenvalue weighted by Crippen LogP contribution is 2.33. The summed E-state index contributed by atoms with van der Waals surface area (Å²) in [6.07, 6.45) is 0.459. The van der Waals surface area contributed by atoms with Crippen LogP contribution in [0.3, 0.4) is 0 Å². The number of halogens is 2. The highest BCUT2D eigenvalue weighted by molar-refractivity contribution is 9.10. The minimum Gasteiger partial charge on any atom is -0.493 e. The van der Waals surface area contributed by atoms with Gasteiger partial charge in [-0.2, -0.15) is 9.78 Å². The van der Waals surface area contributed by atoms with E-state index in [1.54, 1.807) is 24.3 Å². The molecule has 0 unspecified atom stereocenters. The molecule has 0 spiro atoms. The van der Waals surface area contributed by atoms with Gasteiger partial charge in [0, 0.05) is 20.4 Å². The molecular weight excluding hydrogens is 546 g/mol. The van der Waals surface area contributed by atoms with E-state index in [1.807, 2.05) is 19.9 Å². The molecular formula is C22H21Br2N3O5. The van der Waals surface area contributed by atoms with Gasteiger partial charge in [-0.25, -0.2) is 9.78 Å². The molecule has 168 valence electrons. The fraction of sp³-hybridized carbons (Fsp3) is 0.273. The zero-order valence-electron chi connectivity index (χ0n) is 17.8. The van der Waals surface area contributed by atoms with Crippen LogP contribution in [0.15, 0.2) is 49.2 Å². The molecule has 0 saturated carbocycles. The third-order valence-corrected chi connectivity index (χ3v) is 5.78. The van der Waals surface area contributed by atoms with Crippen LogP contribution in [0.1, 0.15) is 38.1 Å². The number of hydrogen-bond acceptors (Lipinski definition) is 6. The molecule has 0 fully saturated rings. The standard InChI is InChI=1S/C22H21Br2N3O5/c1-11(2)20-26-17-6-5-14(23)8-15(17)21(28)27(20)25-10-13-7-18(31-4)19(9-16(13)24)32-12(3)22(29)30/h5-12H,1-4H3,(H,29,30)/t12-/m0/s1. The zero-order valence-corrected chi connectivity index (χ0v) is 21.0. The summed E-state index contributed by atoms with van der Waals surface area (Å²) in [7, 11) is 1.45. The van der Waals surface area contributed by atoms with E-state index in [2.05, 4.69) is 41.9 Å². The first-order valence-electron chi connectivity index (χ1n) is 9.66. The molecule has 0 amide bonds. The van der Waals surface area contributed by atoms with Gasteiger partial charge >= 0.3 is 5.97 Å². The van der Waals surface area contributed by atoms with Crippen LogP contribution in [0.2, 0.25) is 0 Å². The summed E-state index contributed by atoms with van der Waals surface area (Å²) in [5.41, 5.74) is 0.924. The molecule has 0 radical (unpaired) electrons. The number of methoxy groups -OCH3 is 1. The molecule has 1 N–H and O–H groups in total. The Morgan fingerprint density at radius 2 is 1.91 bits per heavy atom. The third kappa shape index (κ3) is 5.02. The summed E-state index contributed by atoms with van der Waals surface area (Å²) in [6.45, 7) is 5.30. The number of rotatable bonds is 7. The van der Waals surface area contributed by atoms with Gasteiger partial charge in [0.25, 0.3) is 5.56 Å². The number of carboxylic acids is 1. The molecule has 8 nitrogen and oxygen atoms in total. The molecule has 32 heavy (non-hydrogen) atoms. The SMILES string of the molecule is COc1cc(C=Nn2c(C(C)C)nc3ccc(Br)cc3c2=O)c(Br)cc1O[C@@H](C)C(=O)O. The fourth-order valence-corrected chi connectivity index (χ4v) is 3.70. The number of aromatic nitrogens is 2. The van der Waals surface area contributed by atoms with Gasteiger partial charge in [-0.3, -0.25) is 4.79 Å². The van der Waals surface area contributed by atoms with Gasteiger partial charge in [0.2, 0.25) is 0 Å². The maximum absolute atomic E-state index is 13.2. The molecule has 1 atom stereocenters. The van der Waals surface area contributed by atoms with Crippen LogP contribution >= 0.6 is 31.9 Å². The lowest BCUT2D eigenvalue weighted by Gasteiger charge is -2.15. The highest BCUT2D eigenvalue weighted by Gasteiger charge is 2.18. The Balaban J connectivity index is 2.09. The van der Waals surface area contributed by atoms with Crippen molar-refractivity contribution in [3.05, 3.63) is 61.0 Å². The number of benzene rings is 2. The predicted octanol–water partition coefficient (Wildman–Crippen LogP) is 4.79. The minimum absolute atomic E-state index is 0.0424. The lowest BCUT2D eigenvalue weighted by Crippen LogP contribution is -2.23. The number of carboxylic acid groups (broad SMARTS) is 1. The van der Waals surface area contributed by atoms with E-state index in [0.29, 0.717) is 32.5 Å². The fourth-order valence-electron chi connectivity index (χ4n) is 2.91. The van der Waals surface area contributed by atoms with Crippen molar-refractivity contribution in [1.29, 1.82) is 0 Å². The second-order valence-corrected chi connectivity index (χ2v) is 9.04. The number of fused-ring (bicyclic) bond motifs is 1. The second-order valence-electron chi connectivity index (χ2n) is 7.27. The molecule has 0 bridgehead atoms. The maximum Gasteiger partial charge on any atom is 0.344 e. The molecule has 3 rings (SSSR count). The van der Waals surface area contributed by atoms with Crippen molar-refractivity contribution in [1.82, 2.24) is 9.66 Å². The molecule has 0 aliphatic carbocycles. The van der Waals surface area contributed by atoms with Crippen LogP contribution in [-0.2, 0) is 4.79 Å². The lowest BCUT2D eigenvalue weighted by molar-refractivity contribution is -0.144. The summed E-state index contributed by atoms with van der Waals surface area (Å²) in [4.78, 5) is 28.9. The van der Waals surface area contributed by atoms with Crippen LogP contribution in [0.25, 0.3) is 10.9 Å². The van der Waals surface area contributed by atoms with E-state index in [9.17, 15) is 9.59 Å². The Labute approximate surface area is 201 Å². The van der Waals surface area contributed by atoms with Crippen molar-refractivity contribution in [2.75, 3.05) is 7.11 Å². The molecule has 3 aromatic rings. The van der Waals surface area contributed by atoms with Gasteiger partial charge in [0.05, 0.1) is 24.2 Å². The van der Waals surface area contributed by atoms with Crippen LogP contribution in [-0.4, -0.2) is 40.2 Å². The van der Waals surface area contributed by atoms with Crippen molar-refractivity contribution in [2.45, 2.75) is 32.8 Å². The Morgan fingerprint density at radius 3 is 2.53 bits per heavy atom. The van der Waals surface area contributed by atoms with Crippen molar-refractivity contribution >= 4 is 54.9 Å². The summed E-state index contributed by atoms with van der Waals surface area (Å²) in [6, 6.07) is 8.59. The molecule has 0 aliphatic heterocycles. The van der Waals surface area contributed by atoms with Crippen LogP contribution in [0.5, 0.6) is 11.5 Å². The van der Waals surface area contributed by atoms with E-state index in [-0.39, 0.29) is 17.2 Å². The van der Waals surface area contributed by atoms with Gasteiger partial charge in [-0.15, -0.1) is 0 Å². The highest BCUT2D eigenvalue weighted by atomic mass is 79.9. The van der Waals surface area contributed by atoms with Crippen LogP contribution in [0, 0.1) is 0 Å². The van der Waals surface area contributed by atoms with Gasteiger partial charge in [0.15, 0.2) is 17.6 Å². The lowest BCUT2D eigenvalue weighted by atomic mass is 10.2. The van der Waals surface area contributed by atoms with E-state index in [1.165, 1.54) is 24.9 Å². The van der Waals surface area contributed by atoms with Gasteiger partial charge in [0.1, 0.15) is 5.82 Å². The quantitative estimate of drug-likeness (QED) is 0.412. The molecule has 10 heteroatoms. The largest absolute Gasteiger partial charge is 0.493 e. The number of ether oxygens (including phenoxy) is 2. The zero-order chi connectivity index (χ0) is 23.6. The predicted molar refractivity (Wildman–Crippen MR) is 129 cm³/mol. The number of hydrogen-bond donors (Lipinski definition) is 1. The second kappa shape index (κ2) is 9.83. The van der Waals surface area contributed by atoms with Crippen molar-refractivity contribution < 1.29 is 19.4 Å². The molecule has 0 aliphatic rings. The summed E-state index contributed by atoms with van der Waals surface area (Å²) in [5.74, 6) is -0.00757. The Bertz CT molecular complexity index is 1270. The Morgan fingerprint density at radius 1 is 1.19 bits per heavy atom. The van der Waals surface area contributed by atoms with Crippen molar-refractivity contribution in [3.8, 4) is 11.5 Å². The molecule has 1 aromatic heterocycles. The number of carbonyl (C=O) groups is 1. The van der Waals surface area contributed by atoms with E-state index >= 15 is 0 Å². The van der Waals surface area contributed by atoms with E-state index in [0.717, 1.165) is 4.47 Å². The Kier molecular flexibility index (Phi) is 7.35. The average Bonchev–Trinajstić information content (AvgIpc) is 2.74. The summed E-state index contributed by atoms with van der Waals surface area (Å²) >= 11 is 6.83. The first kappa shape index (κ1) is 23.9. The Hall–Kier alpha value is -2.72. The summed E-state index contributed by atoms with van der Waals surface area (Å²) < 4.78 is 13.4. The normalized spacial score (nSPS) is 12.5. The minimum atomic E-state index is -1.09. The third-order valence-electron chi connectivity index (χ3n) is 4.60. The smallest absolute Gasteiger partial charge is 0.344 e. The molecule has 0 saturated heterocycles. The molecule has 2 aromatic carbocycles. The number of aliphatic carboxylic acids is 1. The summed E-state index contributed by atoms with van der Waals surface area (Å²) in [5, 5.41) is 14.0. The van der Waals surface area contributed by atoms with Crippen molar-refractivity contribution in [3.63, 3.8) is 0 Å². The van der Waals surface area contributed by atoms with Gasteiger partial charge < -0.3 is 14.6 Å². The van der Waals surface area contributed by atoms with E-state index in [4.69, 9.17) is 14.6 Å².